The Hall–Kier alpha value is -3.88. The number of aryl methyl sites for hydroxylation is 1. The third-order valence-corrected chi connectivity index (χ3v) is 7.98. The number of unbranched alkanes of at least 4 members (excludes halogenated alkanes) is 5. The van der Waals surface area contributed by atoms with Crippen LogP contribution >= 0.6 is 0 Å². The summed E-state index contributed by atoms with van der Waals surface area (Å²) in [7, 11) is 0. The smallest absolute Gasteiger partial charge is 0.274 e. The van der Waals surface area contributed by atoms with Crippen LogP contribution in [-0.2, 0) is 13.0 Å². The van der Waals surface area contributed by atoms with Crippen LogP contribution in [0.5, 0.6) is 0 Å². The molecule has 1 aliphatic rings. The Balaban J connectivity index is 1.37. The van der Waals surface area contributed by atoms with Gasteiger partial charge in [-0.1, -0.05) is 107 Å². The van der Waals surface area contributed by atoms with Gasteiger partial charge in [0.25, 0.3) is 5.91 Å². The number of aromatic nitrogens is 7. The van der Waals surface area contributed by atoms with Gasteiger partial charge in [-0.2, -0.15) is 5.21 Å². The van der Waals surface area contributed by atoms with Crippen molar-refractivity contribution in [3.05, 3.63) is 70.4 Å². The maximum absolute atomic E-state index is 13.5. The van der Waals surface area contributed by atoms with E-state index in [1.807, 2.05) is 48.5 Å². The molecule has 4 aromatic rings. The topological polar surface area (TPSA) is 111 Å². The van der Waals surface area contributed by atoms with Crippen molar-refractivity contribution in [2.45, 2.75) is 90.5 Å². The largest absolute Gasteiger partial charge is 0.353 e. The third kappa shape index (κ3) is 6.46. The van der Waals surface area contributed by atoms with E-state index in [-0.39, 0.29) is 17.5 Å². The maximum Gasteiger partial charge on any atom is 0.353 e. The van der Waals surface area contributed by atoms with Crippen LogP contribution in [0.3, 0.4) is 0 Å². The molecule has 2 heterocycles. The van der Waals surface area contributed by atoms with Gasteiger partial charge in [0.1, 0.15) is 5.82 Å². The van der Waals surface area contributed by atoms with Crippen LogP contribution in [0, 0.1) is 5.92 Å². The molecule has 210 valence electrons. The summed E-state index contributed by atoms with van der Waals surface area (Å²) in [6.07, 6.45) is 12.6. The summed E-state index contributed by atoms with van der Waals surface area (Å²) in [5, 5.41) is 19.1. The van der Waals surface area contributed by atoms with E-state index >= 15 is 0 Å². The van der Waals surface area contributed by atoms with Crippen LogP contribution in [-0.4, -0.2) is 40.9 Å². The second kappa shape index (κ2) is 13.5. The summed E-state index contributed by atoms with van der Waals surface area (Å²) >= 11 is 0. The molecule has 9 nitrogen and oxygen atoms in total. The molecule has 2 aromatic heterocycles. The van der Waals surface area contributed by atoms with Crippen LogP contribution in [0.15, 0.2) is 53.3 Å². The molecule has 5 rings (SSSR count). The van der Waals surface area contributed by atoms with Crippen molar-refractivity contribution in [3.63, 3.8) is 0 Å². The number of aromatic amines is 1. The predicted octanol–water partition coefficient (Wildman–Crippen LogP) is 6.06. The van der Waals surface area contributed by atoms with Gasteiger partial charge < -0.3 is 0 Å². The van der Waals surface area contributed by atoms with Gasteiger partial charge in [-0.15, -0.1) is 20.0 Å². The number of hydrogen-bond donors (Lipinski definition) is 1. The fraction of sp³-hybridized carbons (Fsp3) is 0.484. The number of H-pyrrole nitrogens is 1. The van der Waals surface area contributed by atoms with Crippen molar-refractivity contribution in [3.8, 4) is 22.5 Å². The first kappa shape index (κ1) is 27.7. The predicted molar refractivity (Wildman–Crippen MR) is 155 cm³/mol. The van der Waals surface area contributed by atoms with Gasteiger partial charge in [-0.25, -0.2) is 4.79 Å². The van der Waals surface area contributed by atoms with E-state index in [9.17, 15) is 9.59 Å². The Bertz CT molecular complexity index is 1430. The molecule has 40 heavy (non-hydrogen) atoms. The minimum Gasteiger partial charge on any atom is -0.274 e. The molecule has 0 amide bonds. The fourth-order valence-electron chi connectivity index (χ4n) is 5.69. The van der Waals surface area contributed by atoms with Gasteiger partial charge >= 0.3 is 5.69 Å². The van der Waals surface area contributed by atoms with Crippen LogP contribution < -0.4 is 5.69 Å². The second-order valence-electron chi connectivity index (χ2n) is 10.9. The Labute approximate surface area is 235 Å². The number of tetrazole rings is 1. The first-order valence-electron chi connectivity index (χ1n) is 14.8. The first-order chi connectivity index (χ1) is 19.7. The molecule has 0 spiro atoms. The van der Waals surface area contributed by atoms with Crippen molar-refractivity contribution in [1.82, 2.24) is 35.0 Å². The van der Waals surface area contributed by atoms with Crippen molar-refractivity contribution in [1.29, 1.82) is 0 Å². The molecule has 1 aliphatic carbocycles. The van der Waals surface area contributed by atoms with Crippen LogP contribution in [0.1, 0.15) is 93.7 Å². The molecule has 0 radical (unpaired) electrons. The van der Waals surface area contributed by atoms with Gasteiger partial charge in [0, 0.05) is 17.9 Å². The number of benzene rings is 2. The van der Waals surface area contributed by atoms with E-state index in [0.717, 1.165) is 71.9 Å². The zero-order valence-electron chi connectivity index (χ0n) is 23.4. The number of carbonyl (C=O) groups is 1. The van der Waals surface area contributed by atoms with E-state index < -0.39 is 0 Å². The Morgan fingerprint density at radius 3 is 2.38 bits per heavy atom. The third-order valence-electron chi connectivity index (χ3n) is 7.98. The maximum atomic E-state index is 13.5. The zero-order valence-corrected chi connectivity index (χ0v) is 23.4. The lowest BCUT2D eigenvalue weighted by Gasteiger charge is -2.19. The standard InChI is InChI=1S/C31H39N7O2/c1-2-3-4-5-6-10-17-28-34-38(30(39)25-13-8-7-9-14-25)31(40)37(28)22-23-18-20-24(21-19-23)26-15-11-12-16-27(26)29-32-35-36-33-29/h11-12,15-16,18-21,25H,2-10,13-14,17,22H2,1H3,(H,32,33,35,36). The van der Waals surface area contributed by atoms with Crippen LogP contribution in [0.2, 0.25) is 0 Å². The number of carbonyl (C=O) groups excluding carboxylic acids is 1. The molecule has 0 bridgehead atoms. The normalized spacial score (nSPS) is 14.0. The highest BCUT2D eigenvalue weighted by Crippen LogP contribution is 2.30. The molecule has 0 unspecified atom stereocenters. The zero-order chi connectivity index (χ0) is 27.7. The van der Waals surface area contributed by atoms with Gasteiger partial charge in [0.2, 0.25) is 5.82 Å². The highest BCUT2D eigenvalue weighted by Gasteiger charge is 2.27. The van der Waals surface area contributed by atoms with Crippen LogP contribution in [0.25, 0.3) is 22.5 Å². The summed E-state index contributed by atoms with van der Waals surface area (Å²) in [6, 6.07) is 16.1. The van der Waals surface area contributed by atoms with Crippen molar-refractivity contribution in [2.24, 2.45) is 5.92 Å². The molecular weight excluding hydrogens is 502 g/mol. The minimum atomic E-state index is -0.317. The molecule has 0 atom stereocenters. The number of nitrogens with zero attached hydrogens (tertiary/aromatic N) is 6. The molecule has 0 saturated heterocycles. The van der Waals surface area contributed by atoms with Crippen molar-refractivity contribution in [2.75, 3.05) is 0 Å². The summed E-state index contributed by atoms with van der Waals surface area (Å²) in [5.74, 6) is 1.01. The summed E-state index contributed by atoms with van der Waals surface area (Å²) in [5.41, 5.74) is 3.58. The Morgan fingerprint density at radius 2 is 1.65 bits per heavy atom. The fourth-order valence-corrected chi connectivity index (χ4v) is 5.69. The van der Waals surface area contributed by atoms with Gasteiger partial charge in [0.05, 0.1) is 6.54 Å². The number of nitrogens with one attached hydrogen (secondary N) is 1. The highest BCUT2D eigenvalue weighted by molar-refractivity contribution is 5.81. The minimum absolute atomic E-state index is 0.102. The van der Waals surface area contributed by atoms with Crippen molar-refractivity contribution < 1.29 is 4.79 Å². The molecule has 0 aliphatic heterocycles. The average Bonchev–Trinajstić information content (AvgIpc) is 3.64. The van der Waals surface area contributed by atoms with Gasteiger partial charge in [-0.3, -0.25) is 9.36 Å². The lowest BCUT2D eigenvalue weighted by molar-refractivity contribution is 0.0778. The average molecular weight is 542 g/mol. The molecule has 1 N–H and O–H groups in total. The summed E-state index contributed by atoms with van der Waals surface area (Å²) in [6.45, 7) is 2.60. The lowest BCUT2D eigenvalue weighted by Crippen LogP contribution is -2.35. The second-order valence-corrected chi connectivity index (χ2v) is 10.9. The monoisotopic (exact) mass is 541 g/mol. The summed E-state index contributed by atoms with van der Waals surface area (Å²) in [4.78, 5) is 26.8. The van der Waals surface area contributed by atoms with Gasteiger partial charge in [-0.05, 0) is 41.2 Å². The quantitative estimate of drug-likeness (QED) is 0.218. The van der Waals surface area contributed by atoms with E-state index in [1.165, 1.54) is 25.7 Å². The molecule has 2 aromatic carbocycles. The SMILES string of the molecule is CCCCCCCCc1nn(C(=O)C2CCCCC2)c(=O)n1Cc1ccc(-c2ccccc2-c2nn[nH]n2)cc1. The highest BCUT2D eigenvalue weighted by atomic mass is 16.2. The first-order valence-corrected chi connectivity index (χ1v) is 14.8. The van der Waals surface area contributed by atoms with E-state index in [4.69, 9.17) is 0 Å². The van der Waals surface area contributed by atoms with E-state index in [1.54, 1.807) is 4.57 Å². The summed E-state index contributed by atoms with van der Waals surface area (Å²) < 4.78 is 2.87. The number of rotatable bonds is 12. The molecule has 1 fully saturated rings. The van der Waals surface area contributed by atoms with E-state index in [0.29, 0.717) is 24.6 Å². The molecular formula is C31H39N7O2. The lowest BCUT2D eigenvalue weighted by atomic mass is 9.89. The van der Waals surface area contributed by atoms with Crippen molar-refractivity contribution >= 4 is 5.91 Å². The Morgan fingerprint density at radius 1 is 0.925 bits per heavy atom. The van der Waals surface area contributed by atoms with Crippen LogP contribution in [0.4, 0.5) is 0 Å². The van der Waals surface area contributed by atoms with E-state index in [2.05, 4.69) is 32.6 Å². The number of hydrogen-bond acceptors (Lipinski definition) is 6. The molecule has 1 saturated carbocycles. The van der Waals surface area contributed by atoms with Gasteiger partial charge in [0.15, 0.2) is 0 Å². The molecule has 9 heteroatoms. The Kier molecular flexibility index (Phi) is 9.31.